The van der Waals surface area contributed by atoms with Gasteiger partial charge in [-0.1, -0.05) is 18.2 Å². The molecule has 0 radical (unpaired) electrons. The van der Waals surface area contributed by atoms with E-state index in [-0.39, 0.29) is 18.1 Å². The Kier molecular flexibility index (Phi) is 4.19. The lowest BCUT2D eigenvalue weighted by molar-refractivity contribution is 0.598. The summed E-state index contributed by atoms with van der Waals surface area (Å²) in [6, 6.07) is 6.41. The minimum Gasteiger partial charge on any atom is -0.354 e. The van der Waals surface area contributed by atoms with E-state index in [0.717, 1.165) is 26.1 Å². The van der Waals surface area contributed by atoms with Crippen molar-refractivity contribution in [3.63, 3.8) is 0 Å². The van der Waals surface area contributed by atoms with Crippen LogP contribution in [0.25, 0.3) is 11.2 Å². The molecule has 1 unspecified atom stereocenters. The average molecular weight is 342 g/mol. The molecule has 1 aromatic carbocycles. The highest BCUT2D eigenvalue weighted by Gasteiger charge is 2.16. The van der Waals surface area contributed by atoms with Crippen LogP contribution in [0.3, 0.4) is 0 Å². The minimum atomic E-state index is -0.343. The van der Waals surface area contributed by atoms with Crippen molar-refractivity contribution in [2.45, 2.75) is 13.0 Å². The Labute approximate surface area is 143 Å². The molecule has 0 amide bonds. The van der Waals surface area contributed by atoms with Gasteiger partial charge < -0.3 is 15.6 Å². The van der Waals surface area contributed by atoms with E-state index in [2.05, 4.69) is 25.6 Å². The SMILES string of the molecule is O=c1[nH]c2cnc(NCC3CCNC3)nc2n1Cc1ccccc1F. The molecule has 3 heterocycles. The molecule has 0 spiro atoms. The van der Waals surface area contributed by atoms with Crippen LogP contribution in [0.1, 0.15) is 12.0 Å². The number of hydrogen-bond donors (Lipinski definition) is 3. The van der Waals surface area contributed by atoms with E-state index in [1.54, 1.807) is 24.4 Å². The fraction of sp³-hybridized carbons (Fsp3) is 0.353. The molecule has 0 saturated carbocycles. The highest BCUT2D eigenvalue weighted by molar-refractivity contribution is 5.71. The van der Waals surface area contributed by atoms with Crippen LogP contribution in [-0.4, -0.2) is 39.2 Å². The number of nitrogens with zero attached hydrogens (tertiary/aromatic N) is 3. The first-order valence-electron chi connectivity index (χ1n) is 8.34. The molecule has 0 bridgehead atoms. The Balaban J connectivity index is 1.62. The summed E-state index contributed by atoms with van der Waals surface area (Å²) >= 11 is 0. The lowest BCUT2D eigenvalue weighted by atomic mass is 10.1. The van der Waals surface area contributed by atoms with Gasteiger partial charge in [-0.2, -0.15) is 4.98 Å². The third-order valence-electron chi connectivity index (χ3n) is 4.51. The molecule has 3 aromatic rings. The highest BCUT2D eigenvalue weighted by Crippen LogP contribution is 2.14. The highest BCUT2D eigenvalue weighted by atomic mass is 19.1. The van der Waals surface area contributed by atoms with E-state index >= 15 is 0 Å². The molecule has 25 heavy (non-hydrogen) atoms. The zero-order chi connectivity index (χ0) is 17.2. The molecular weight excluding hydrogens is 323 g/mol. The number of H-pyrrole nitrogens is 1. The molecule has 1 aliphatic rings. The number of benzene rings is 1. The van der Waals surface area contributed by atoms with E-state index in [1.165, 1.54) is 10.6 Å². The predicted octanol–water partition coefficient (Wildman–Crippen LogP) is 1.33. The van der Waals surface area contributed by atoms with Crippen LogP contribution in [0.4, 0.5) is 10.3 Å². The molecule has 130 valence electrons. The summed E-state index contributed by atoms with van der Waals surface area (Å²) in [6.45, 7) is 2.92. The molecular formula is C17H19FN6O. The van der Waals surface area contributed by atoms with E-state index in [9.17, 15) is 9.18 Å². The van der Waals surface area contributed by atoms with Crippen molar-refractivity contribution in [3.05, 3.63) is 52.3 Å². The van der Waals surface area contributed by atoms with Gasteiger partial charge in [0.2, 0.25) is 5.95 Å². The fourth-order valence-corrected chi connectivity index (χ4v) is 3.10. The summed E-state index contributed by atoms with van der Waals surface area (Å²) in [5, 5.41) is 6.54. The van der Waals surface area contributed by atoms with Crippen LogP contribution in [-0.2, 0) is 6.54 Å². The van der Waals surface area contributed by atoms with Crippen LogP contribution >= 0.6 is 0 Å². The summed E-state index contributed by atoms with van der Waals surface area (Å²) in [4.78, 5) is 23.6. The van der Waals surface area contributed by atoms with E-state index in [4.69, 9.17) is 0 Å². The third-order valence-corrected chi connectivity index (χ3v) is 4.51. The Morgan fingerprint density at radius 3 is 3.04 bits per heavy atom. The van der Waals surface area contributed by atoms with E-state index in [1.807, 2.05) is 0 Å². The van der Waals surface area contributed by atoms with Gasteiger partial charge in [-0.3, -0.25) is 4.57 Å². The maximum atomic E-state index is 13.9. The van der Waals surface area contributed by atoms with Gasteiger partial charge in [-0.15, -0.1) is 0 Å². The van der Waals surface area contributed by atoms with Crippen molar-refractivity contribution < 1.29 is 4.39 Å². The topological polar surface area (TPSA) is 87.6 Å². The quantitative estimate of drug-likeness (QED) is 0.651. The maximum absolute atomic E-state index is 13.9. The number of anilines is 1. The smallest absolute Gasteiger partial charge is 0.328 e. The summed E-state index contributed by atoms with van der Waals surface area (Å²) in [5.74, 6) is 0.678. The number of nitrogens with one attached hydrogen (secondary N) is 3. The number of rotatable bonds is 5. The van der Waals surface area contributed by atoms with Crippen LogP contribution in [0.5, 0.6) is 0 Å². The minimum absolute atomic E-state index is 0.120. The number of imidazole rings is 1. The first-order valence-corrected chi connectivity index (χ1v) is 8.34. The van der Waals surface area contributed by atoms with Crippen molar-refractivity contribution >= 4 is 17.1 Å². The molecule has 4 rings (SSSR count). The van der Waals surface area contributed by atoms with E-state index in [0.29, 0.717) is 28.6 Å². The Hall–Kier alpha value is -2.74. The first-order chi connectivity index (χ1) is 12.2. The molecule has 3 N–H and O–H groups in total. The Morgan fingerprint density at radius 2 is 2.24 bits per heavy atom. The lowest BCUT2D eigenvalue weighted by Crippen LogP contribution is -2.19. The molecule has 2 aromatic heterocycles. The Bertz CT molecular complexity index is 944. The first kappa shape index (κ1) is 15.8. The average Bonchev–Trinajstić information content (AvgIpc) is 3.23. The number of aromatic amines is 1. The van der Waals surface area contributed by atoms with Crippen molar-refractivity contribution in [1.82, 2.24) is 24.8 Å². The molecule has 8 heteroatoms. The number of halogens is 1. The van der Waals surface area contributed by atoms with Crippen LogP contribution < -0.4 is 16.3 Å². The van der Waals surface area contributed by atoms with Crippen LogP contribution in [0.15, 0.2) is 35.3 Å². The maximum Gasteiger partial charge on any atom is 0.328 e. The fourth-order valence-electron chi connectivity index (χ4n) is 3.10. The summed E-state index contributed by atoms with van der Waals surface area (Å²) in [7, 11) is 0. The zero-order valence-electron chi connectivity index (χ0n) is 13.6. The normalized spacial score (nSPS) is 17.2. The number of fused-ring (bicyclic) bond motifs is 1. The van der Waals surface area contributed by atoms with Gasteiger partial charge in [-0.25, -0.2) is 14.2 Å². The van der Waals surface area contributed by atoms with Gasteiger partial charge in [0, 0.05) is 12.1 Å². The summed E-state index contributed by atoms with van der Waals surface area (Å²) in [6.07, 6.45) is 2.70. The van der Waals surface area contributed by atoms with Crippen molar-refractivity contribution in [2.75, 3.05) is 25.0 Å². The van der Waals surface area contributed by atoms with Crippen molar-refractivity contribution in [3.8, 4) is 0 Å². The van der Waals surface area contributed by atoms with Gasteiger partial charge in [0.15, 0.2) is 5.65 Å². The van der Waals surface area contributed by atoms with E-state index < -0.39 is 0 Å². The van der Waals surface area contributed by atoms with Crippen molar-refractivity contribution in [1.29, 1.82) is 0 Å². The van der Waals surface area contributed by atoms with Crippen molar-refractivity contribution in [2.24, 2.45) is 5.92 Å². The van der Waals surface area contributed by atoms with Gasteiger partial charge in [0.05, 0.1) is 12.7 Å². The van der Waals surface area contributed by atoms with Crippen LogP contribution in [0, 0.1) is 11.7 Å². The van der Waals surface area contributed by atoms with Gasteiger partial charge in [0.1, 0.15) is 11.3 Å². The Morgan fingerprint density at radius 1 is 1.36 bits per heavy atom. The summed E-state index contributed by atoms with van der Waals surface area (Å²) < 4.78 is 15.3. The lowest BCUT2D eigenvalue weighted by Gasteiger charge is -2.10. The molecule has 1 saturated heterocycles. The second-order valence-corrected chi connectivity index (χ2v) is 6.28. The molecule has 0 aliphatic carbocycles. The standard InChI is InChI=1S/C17H19FN6O/c18-13-4-2-1-3-12(13)10-24-15-14(22-17(24)25)9-21-16(23-15)20-8-11-5-6-19-7-11/h1-4,9,11,19H,5-8,10H2,(H,22,25)(H,20,21,23). The van der Waals surface area contributed by atoms with Gasteiger partial charge >= 0.3 is 5.69 Å². The molecule has 1 atom stereocenters. The number of hydrogen-bond acceptors (Lipinski definition) is 5. The summed E-state index contributed by atoms with van der Waals surface area (Å²) in [5.41, 5.74) is 1.12. The zero-order valence-corrected chi connectivity index (χ0v) is 13.6. The second kappa shape index (κ2) is 6.64. The van der Waals surface area contributed by atoms with Gasteiger partial charge in [0.25, 0.3) is 0 Å². The van der Waals surface area contributed by atoms with Crippen LogP contribution in [0.2, 0.25) is 0 Å². The second-order valence-electron chi connectivity index (χ2n) is 6.28. The molecule has 1 fully saturated rings. The largest absolute Gasteiger partial charge is 0.354 e. The third kappa shape index (κ3) is 3.25. The molecule has 1 aliphatic heterocycles. The molecule has 7 nitrogen and oxygen atoms in total. The van der Waals surface area contributed by atoms with Gasteiger partial charge in [-0.05, 0) is 31.5 Å². The number of aromatic nitrogens is 4. The predicted molar refractivity (Wildman–Crippen MR) is 93.1 cm³/mol. The monoisotopic (exact) mass is 342 g/mol.